The van der Waals surface area contributed by atoms with Gasteiger partial charge in [-0.15, -0.1) is 0 Å². The van der Waals surface area contributed by atoms with Crippen LogP contribution in [-0.4, -0.2) is 50.7 Å². The lowest BCUT2D eigenvalue weighted by atomic mass is 9.69. The molecule has 1 unspecified atom stereocenters. The van der Waals surface area contributed by atoms with Crippen LogP contribution in [0.25, 0.3) is 0 Å². The van der Waals surface area contributed by atoms with Gasteiger partial charge in [0, 0.05) is 56.7 Å². The number of carbonyl (C=O) groups excluding carboxylic acids is 1. The van der Waals surface area contributed by atoms with Crippen molar-refractivity contribution >= 4 is 11.7 Å². The highest BCUT2D eigenvalue weighted by Gasteiger charge is 2.47. The lowest BCUT2D eigenvalue weighted by Gasteiger charge is -2.49. The maximum absolute atomic E-state index is 13.9. The zero-order chi connectivity index (χ0) is 24.7. The number of nitrogens with one attached hydrogen (secondary N) is 1. The maximum atomic E-state index is 13.9. The summed E-state index contributed by atoms with van der Waals surface area (Å²) in [6, 6.07) is 12.0. The molecule has 1 aromatic heterocycles. The van der Waals surface area contributed by atoms with Gasteiger partial charge in [0.25, 0.3) is 5.56 Å². The Kier molecular flexibility index (Phi) is 6.18. The van der Waals surface area contributed by atoms with Gasteiger partial charge in [0.15, 0.2) is 0 Å². The van der Waals surface area contributed by atoms with E-state index in [1.165, 1.54) is 12.8 Å². The van der Waals surface area contributed by atoms with Crippen molar-refractivity contribution in [2.45, 2.75) is 76.3 Å². The Hall–Kier alpha value is -2.96. The Morgan fingerprint density at radius 1 is 1.08 bits per heavy atom. The SMILES string of the molecule is N=C1CCN(C(=O)N2CCC(Cn3cnc(C4CC4)cc3=O)C3(CCCC3)C2)[C@H](c2ccccc2)C1. The number of urea groups is 1. The Balaban J connectivity index is 1.20. The van der Waals surface area contributed by atoms with E-state index in [-0.39, 0.29) is 23.0 Å². The second-order valence-electron chi connectivity index (χ2n) is 11.5. The molecule has 4 aliphatic rings. The number of likely N-dealkylation sites (tertiary alicyclic amines) is 2. The molecular weight excluding hydrogens is 450 g/mol. The predicted molar refractivity (Wildman–Crippen MR) is 139 cm³/mol. The van der Waals surface area contributed by atoms with Crippen LogP contribution in [0.4, 0.5) is 4.79 Å². The van der Waals surface area contributed by atoms with Crippen molar-refractivity contribution in [2.24, 2.45) is 11.3 Å². The molecule has 1 spiro atoms. The van der Waals surface area contributed by atoms with E-state index >= 15 is 0 Å². The molecule has 2 aliphatic heterocycles. The Labute approximate surface area is 213 Å². The number of piperidine rings is 2. The van der Waals surface area contributed by atoms with Gasteiger partial charge in [0.2, 0.25) is 0 Å². The van der Waals surface area contributed by atoms with Gasteiger partial charge in [-0.2, -0.15) is 0 Å². The average Bonchev–Trinajstić information content (AvgIpc) is 3.65. The van der Waals surface area contributed by atoms with Crippen molar-refractivity contribution in [1.29, 1.82) is 5.41 Å². The number of aromatic nitrogens is 2. The molecule has 190 valence electrons. The van der Waals surface area contributed by atoms with Gasteiger partial charge in [0.05, 0.1) is 18.1 Å². The molecule has 4 fully saturated rings. The van der Waals surface area contributed by atoms with Crippen LogP contribution in [0.5, 0.6) is 0 Å². The molecule has 2 saturated carbocycles. The van der Waals surface area contributed by atoms with Gasteiger partial charge in [0.1, 0.15) is 0 Å². The van der Waals surface area contributed by atoms with Crippen LogP contribution in [0.3, 0.4) is 0 Å². The summed E-state index contributed by atoms with van der Waals surface area (Å²) in [5, 5.41) is 8.28. The summed E-state index contributed by atoms with van der Waals surface area (Å²) >= 11 is 0. The van der Waals surface area contributed by atoms with Gasteiger partial charge in [-0.05, 0) is 49.0 Å². The summed E-state index contributed by atoms with van der Waals surface area (Å²) in [5.74, 6) is 0.871. The summed E-state index contributed by atoms with van der Waals surface area (Å²) in [7, 11) is 0. The van der Waals surface area contributed by atoms with Crippen molar-refractivity contribution < 1.29 is 4.79 Å². The molecule has 1 aromatic carbocycles. The molecule has 2 aromatic rings. The van der Waals surface area contributed by atoms with Crippen LogP contribution in [0.2, 0.25) is 0 Å². The van der Waals surface area contributed by atoms with Crippen molar-refractivity contribution in [1.82, 2.24) is 19.4 Å². The number of benzene rings is 1. The summed E-state index contributed by atoms with van der Waals surface area (Å²) < 4.78 is 1.82. The normalized spacial score (nSPS) is 25.9. The molecular formula is C29H37N5O2. The summed E-state index contributed by atoms with van der Waals surface area (Å²) in [6.45, 7) is 2.81. The van der Waals surface area contributed by atoms with Crippen molar-refractivity contribution in [3.63, 3.8) is 0 Å². The number of hydrogen-bond donors (Lipinski definition) is 1. The molecule has 2 aliphatic carbocycles. The molecule has 2 atom stereocenters. The van der Waals surface area contributed by atoms with Crippen molar-refractivity contribution in [2.75, 3.05) is 19.6 Å². The van der Waals surface area contributed by atoms with E-state index in [0.717, 1.165) is 62.2 Å². The molecule has 7 heteroatoms. The van der Waals surface area contributed by atoms with Crippen LogP contribution in [0.1, 0.15) is 81.0 Å². The summed E-state index contributed by atoms with van der Waals surface area (Å²) in [4.78, 5) is 35.5. The fourth-order valence-corrected chi connectivity index (χ4v) is 6.96. The average molecular weight is 488 g/mol. The first kappa shape index (κ1) is 23.4. The molecule has 7 nitrogen and oxygen atoms in total. The number of nitrogens with zero attached hydrogens (tertiary/aromatic N) is 4. The van der Waals surface area contributed by atoms with Crippen LogP contribution in [0, 0.1) is 16.7 Å². The van der Waals surface area contributed by atoms with Gasteiger partial charge in [-0.1, -0.05) is 43.2 Å². The first-order valence-corrected chi connectivity index (χ1v) is 13.8. The minimum absolute atomic E-state index is 0.0631. The largest absolute Gasteiger partial charge is 0.324 e. The van der Waals surface area contributed by atoms with Gasteiger partial charge in [-0.3, -0.25) is 9.36 Å². The highest BCUT2D eigenvalue weighted by molar-refractivity contribution is 5.86. The topological polar surface area (TPSA) is 82.3 Å². The quantitative estimate of drug-likeness (QED) is 0.660. The second-order valence-corrected chi connectivity index (χ2v) is 11.5. The summed E-state index contributed by atoms with van der Waals surface area (Å²) in [6.07, 6.45) is 10.9. The Bertz CT molecular complexity index is 1180. The fourth-order valence-electron chi connectivity index (χ4n) is 6.96. The number of hydrogen-bond acceptors (Lipinski definition) is 4. The molecule has 0 radical (unpaired) electrons. The number of carbonyl (C=O) groups is 1. The van der Waals surface area contributed by atoms with E-state index < -0.39 is 0 Å². The van der Waals surface area contributed by atoms with Crippen molar-refractivity contribution in [3.8, 4) is 0 Å². The molecule has 6 rings (SSSR count). The monoisotopic (exact) mass is 487 g/mol. The van der Waals surface area contributed by atoms with Gasteiger partial charge >= 0.3 is 6.03 Å². The van der Waals surface area contributed by atoms with Crippen LogP contribution < -0.4 is 5.56 Å². The minimum atomic E-state index is -0.0631. The Morgan fingerprint density at radius 2 is 1.86 bits per heavy atom. The molecule has 2 amide bonds. The molecule has 2 saturated heterocycles. The van der Waals surface area contributed by atoms with Crippen LogP contribution in [0.15, 0.2) is 47.5 Å². The Morgan fingerprint density at radius 3 is 2.58 bits per heavy atom. The van der Waals surface area contributed by atoms with E-state index in [2.05, 4.69) is 22.0 Å². The van der Waals surface area contributed by atoms with E-state index in [4.69, 9.17) is 5.41 Å². The third-order valence-electron chi connectivity index (χ3n) is 9.20. The lowest BCUT2D eigenvalue weighted by molar-refractivity contribution is 0.0250. The van der Waals surface area contributed by atoms with E-state index in [0.29, 0.717) is 37.8 Å². The summed E-state index contributed by atoms with van der Waals surface area (Å²) in [5.41, 5.74) is 2.94. The second kappa shape index (κ2) is 9.49. The van der Waals surface area contributed by atoms with Gasteiger partial charge < -0.3 is 15.2 Å². The van der Waals surface area contributed by atoms with E-state index in [1.54, 1.807) is 12.4 Å². The third-order valence-corrected chi connectivity index (χ3v) is 9.20. The van der Waals surface area contributed by atoms with E-state index in [1.807, 2.05) is 27.7 Å². The molecule has 36 heavy (non-hydrogen) atoms. The van der Waals surface area contributed by atoms with Crippen LogP contribution in [-0.2, 0) is 6.54 Å². The lowest BCUT2D eigenvalue weighted by Crippen LogP contribution is -2.56. The standard InChI is InChI=1S/C29H37N5O2/c30-24-11-15-34(26(16-24)22-6-2-1-3-7-22)28(36)32-14-10-23(29(19-32)12-4-5-13-29)18-33-20-31-25(17-27(33)35)21-8-9-21/h1-3,6-7,17,20-21,23,26,30H,4-5,8-16,18-19H2/t23?,26-/m0/s1. The fraction of sp³-hybridized carbons (Fsp3) is 0.586. The van der Waals surface area contributed by atoms with Crippen LogP contribution >= 0.6 is 0 Å². The molecule has 3 heterocycles. The number of rotatable bonds is 4. The zero-order valence-electron chi connectivity index (χ0n) is 21.1. The number of amides is 2. The highest BCUT2D eigenvalue weighted by atomic mass is 16.2. The highest BCUT2D eigenvalue weighted by Crippen LogP contribution is 2.49. The van der Waals surface area contributed by atoms with E-state index in [9.17, 15) is 9.59 Å². The third kappa shape index (κ3) is 4.48. The van der Waals surface area contributed by atoms with Crippen molar-refractivity contribution in [3.05, 3.63) is 64.3 Å². The molecule has 1 N–H and O–H groups in total. The first-order valence-electron chi connectivity index (χ1n) is 13.8. The van der Waals surface area contributed by atoms with Gasteiger partial charge in [-0.25, -0.2) is 9.78 Å². The zero-order valence-corrected chi connectivity index (χ0v) is 21.1. The predicted octanol–water partition coefficient (Wildman–Crippen LogP) is 4.98. The molecule has 0 bridgehead atoms. The maximum Gasteiger partial charge on any atom is 0.320 e. The first-order chi connectivity index (χ1) is 17.5. The minimum Gasteiger partial charge on any atom is -0.324 e. The smallest absolute Gasteiger partial charge is 0.320 e.